The largest absolute Gasteiger partial charge is 0.302 e. The minimum atomic E-state index is 0.676. The van der Waals surface area contributed by atoms with Gasteiger partial charge in [-0.25, -0.2) is 0 Å². The van der Waals surface area contributed by atoms with Crippen molar-refractivity contribution in [3.63, 3.8) is 0 Å². The molecule has 0 N–H and O–H groups in total. The van der Waals surface area contributed by atoms with Crippen molar-refractivity contribution in [2.24, 2.45) is 5.92 Å². The van der Waals surface area contributed by atoms with E-state index in [9.17, 15) is 0 Å². The topological polar surface area (TPSA) is 6.48 Å². The van der Waals surface area contributed by atoms with Crippen LogP contribution < -0.4 is 0 Å². The number of piperidine rings is 1. The summed E-state index contributed by atoms with van der Waals surface area (Å²) in [4.78, 5) is 5.16. The van der Waals surface area contributed by atoms with E-state index in [2.05, 4.69) is 51.5 Å². The monoisotopic (exact) mass is 212 g/mol. The Morgan fingerprint density at radius 1 is 1.33 bits per heavy atom. The molecule has 0 spiro atoms. The van der Waals surface area contributed by atoms with Crippen molar-refractivity contribution in [3.05, 3.63) is 0 Å². The second-order valence-corrected chi connectivity index (χ2v) is 5.47. The summed E-state index contributed by atoms with van der Waals surface area (Å²) >= 11 is 0. The average Bonchev–Trinajstić information content (AvgIpc) is 2.20. The quantitative estimate of drug-likeness (QED) is 0.709. The van der Waals surface area contributed by atoms with Crippen LogP contribution in [0.4, 0.5) is 0 Å². The molecule has 1 aliphatic rings. The Morgan fingerprint density at radius 2 is 1.93 bits per heavy atom. The van der Waals surface area contributed by atoms with Crippen molar-refractivity contribution in [1.82, 2.24) is 9.80 Å². The Hall–Kier alpha value is -0.0800. The summed E-state index contributed by atoms with van der Waals surface area (Å²) in [7, 11) is 2.26. The van der Waals surface area contributed by atoms with Crippen LogP contribution in [-0.2, 0) is 0 Å². The van der Waals surface area contributed by atoms with Crippen molar-refractivity contribution in [1.29, 1.82) is 0 Å². The lowest BCUT2D eigenvalue weighted by Crippen LogP contribution is -2.55. The van der Waals surface area contributed by atoms with Gasteiger partial charge in [0.05, 0.1) is 0 Å². The van der Waals surface area contributed by atoms with Gasteiger partial charge in [0.1, 0.15) is 0 Å². The van der Waals surface area contributed by atoms with Gasteiger partial charge in [0, 0.05) is 24.7 Å². The van der Waals surface area contributed by atoms with E-state index in [1.54, 1.807) is 0 Å². The molecule has 1 heterocycles. The third-order valence-corrected chi connectivity index (χ3v) is 4.20. The number of rotatable bonds is 3. The highest BCUT2D eigenvalue weighted by Crippen LogP contribution is 2.27. The van der Waals surface area contributed by atoms with Gasteiger partial charge in [-0.1, -0.05) is 13.8 Å². The number of hydrogen-bond acceptors (Lipinski definition) is 2. The third kappa shape index (κ3) is 2.94. The maximum atomic E-state index is 2.66. The van der Waals surface area contributed by atoms with E-state index in [0.717, 1.165) is 24.5 Å². The number of likely N-dealkylation sites (tertiary alicyclic amines) is 1. The van der Waals surface area contributed by atoms with Crippen LogP contribution in [0, 0.1) is 5.92 Å². The minimum absolute atomic E-state index is 0.676. The van der Waals surface area contributed by atoms with Gasteiger partial charge in [-0.2, -0.15) is 0 Å². The molecule has 0 aromatic carbocycles. The smallest absolute Gasteiger partial charge is 0.0223 e. The van der Waals surface area contributed by atoms with E-state index in [1.807, 2.05) is 0 Å². The fourth-order valence-corrected chi connectivity index (χ4v) is 2.70. The molecule has 0 amide bonds. The van der Waals surface area contributed by atoms with Gasteiger partial charge in [0.2, 0.25) is 0 Å². The molecule has 0 saturated carbocycles. The Balaban J connectivity index is 2.66. The maximum Gasteiger partial charge on any atom is 0.0223 e. The number of likely N-dealkylation sites (N-methyl/N-ethyl adjacent to an activating group) is 1. The Bertz CT molecular complexity index is 191. The fourth-order valence-electron chi connectivity index (χ4n) is 2.70. The third-order valence-electron chi connectivity index (χ3n) is 4.20. The van der Waals surface area contributed by atoms with Crippen LogP contribution in [0.25, 0.3) is 0 Å². The van der Waals surface area contributed by atoms with Gasteiger partial charge < -0.3 is 4.90 Å². The van der Waals surface area contributed by atoms with E-state index < -0.39 is 0 Å². The van der Waals surface area contributed by atoms with Crippen molar-refractivity contribution in [2.75, 3.05) is 20.1 Å². The Kier molecular flexibility index (Phi) is 4.60. The summed E-state index contributed by atoms with van der Waals surface area (Å²) in [6.45, 7) is 14.1. The number of nitrogens with zero attached hydrogens (tertiary/aromatic N) is 2. The highest BCUT2D eigenvalue weighted by molar-refractivity contribution is 4.88. The molecule has 1 rings (SSSR count). The van der Waals surface area contributed by atoms with Crippen molar-refractivity contribution < 1.29 is 0 Å². The van der Waals surface area contributed by atoms with Gasteiger partial charge in [0.25, 0.3) is 0 Å². The highest BCUT2D eigenvalue weighted by Gasteiger charge is 2.33. The molecule has 0 aromatic heterocycles. The summed E-state index contributed by atoms with van der Waals surface area (Å²) in [5.74, 6) is 0.820. The van der Waals surface area contributed by atoms with E-state index >= 15 is 0 Å². The zero-order valence-corrected chi connectivity index (χ0v) is 11.3. The first-order valence-corrected chi connectivity index (χ1v) is 6.43. The summed E-state index contributed by atoms with van der Waals surface area (Å²) in [5.41, 5.74) is 0. The molecule has 0 aromatic rings. The molecule has 90 valence electrons. The van der Waals surface area contributed by atoms with E-state index in [1.165, 1.54) is 13.0 Å². The molecule has 3 atom stereocenters. The van der Waals surface area contributed by atoms with Crippen LogP contribution in [0.3, 0.4) is 0 Å². The zero-order valence-electron chi connectivity index (χ0n) is 11.3. The SMILES string of the molecule is CCN(C)C1CC(C)C(C)N(C(C)C)C1. The lowest BCUT2D eigenvalue weighted by molar-refractivity contribution is 0.0254. The van der Waals surface area contributed by atoms with Crippen LogP contribution in [0.2, 0.25) is 0 Å². The Morgan fingerprint density at radius 3 is 2.40 bits per heavy atom. The van der Waals surface area contributed by atoms with Crippen LogP contribution in [-0.4, -0.2) is 48.1 Å². The first-order valence-electron chi connectivity index (χ1n) is 6.43. The second-order valence-electron chi connectivity index (χ2n) is 5.47. The molecular formula is C13H28N2. The van der Waals surface area contributed by atoms with Crippen molar-refractivity contribution in [2.45, 2.75) is 59.2 Å². The Labute approximate surface area is 95.6 Å². The molecule has 3 unspecified atom stereocenters. The summed E-state index contributed by atoms with van der Waals surface area (Å²) in [6, 6.07) is 2.17. The lowest BCUT2D eigenvalue weighted by atomic mass is 9.87. The van der Waals surface area contributed by atoms with Gasteiger partial charge in [-0.05, 0) is 46.7 Å². The predicted molar refractivity (Wildman–Crippen MR) is 67.2 cm³/mol. The molecule has 2 nitrogen and oxygen atoms in total. The maximum absolute atomic E-state index is 2.66. The van der Waals surface area contributed by atoms with Crippen LogP contribution in [0.15, 0.2) is 0 Å². The first-order chi connectivity index (χ1) is 6.97. The molecular weight excluding hydrogens is 184 g/mol. The van der Waals surface area contributed by atoms with E-state index in [0.29, 0.717) is 6.04 Å². The second kappa shape index (κ2) is 5.31. The minimum Gasteiger partial charge on any atom is -0.302 e. The van der Waals surface area contributed by atoms with Crippen molar-refractivity contribution >= 4 is 0 Å². The summed E-state index contributed by atoms with van der Waals surface area (Å²) in [6.07, 6.45) is 1.36. The van der Waals surface area contributed by atoms with Gasteiger partial charge in [-0.3, -0.25) is 4.90 Å². The zero-order chi connectivity index (χ0) is 11.6. The predicted octanol–water partition coefficient (Wildman–Crippen LogP) is 2.45. The molecule has 15 heavy (non-hydrogen) atoms. The van der Waals surface area contributed by atoms with Crippen molar-refractivity contribution in [3.8, 4) is 0 Å². The summed E-state index contributed by atoms with van der Waals surface area (Å²) < 4.78 is 0. The van der Waals surface area contributed by atoms with Gasteiger partial charge in [-0.15, -0.1) is 0 Å². The summed E-state index contributed by atoms with van der Waals surface area (Å²) in [5, 5.41) is 0. The average molecular weight is 212 g/mol. The number of hydrogen-bond donors (Lipinski definition) is 0. The molecule has 1 saturated heterocycles. The van der Waals surface area contributed by atoms with Gasteiger partial charge in [0.15, 0.2) is 0 Å². The van der Waals surface area contributed by atoms with Crippen LogP contribution in [0.1, 0.15) is 41.0 Å². The standard InChI is InChI=1S/C13H28N2/c1-7-14(6)13-8-11(4)12(5)15(9-13)10(2)3/h10-13H,7-9H2,1-6H3. The molecule has 0 radical (unpaired) electrons. The lowest BCUT2D eigenvalue weighted by Gasteiger charge is -2.46. The van der Waals surface area contributed by atoms with E-state index in [4.69, 9.17) is 0 Å². The normalized spacial score (nSPS) is 34.0. The van der Waals surface area contributed by atoms with Gasteiger partial charge >= 0.3 is 0 Å². The molecule has 0 bridgehead atoms. The molecule has 0 aliphatic carbocycles. The van der Waals surface area contributed by atoms with Crippen LogP contribution in [0.5, 0.6) is 0 Å². The molecule has 2 heteroatoms. The molecule has 1 fully saturated rings. The molecule has 1 aliphatic heterocycles. The first kappa shape index (κ1) is 13.0. The fraction of sp³-hybridized carbons (Fsp3) is 1.00. The highest BCUT2D eigenvalue weighted by atomic mass is 15.2. The van der Waals surface area contributed by atoms with Crippen LogP contribution >= 0.6 is 0 Å². The van der Waals surface area contributed by atoms with E-state index in [-0.39, 0.29) is 0 Å².